The van der Waals surface area contributed by atoms with Gasteiger partial charge in [0.25, 0.3) is 0 Å². The number of rotatable bonds is 3. The summed E-state index contributed by atoms with van der Waals surface area (Å²) in [6.07, 6.45) is 0. The van der Waals surface area contributed by atoms with Crippen molar-refractivity contribution in [2.45, 2.75) is 13.8 Å². The molecule has 1 aromatic carbocycles. The van der Waals surface area contributed by atoms with Gasteiger partial charge in [-0.25, -0.2) is 9.67 Å². The van der Waals surface area contributed by atoms with E-state index >= 15 is 0 Å². The Morgan fingerprint density at radius 3 is 2.46 bits per heavy atom. The Kier molecular flexibility index (Phi) is 3.16. The summed E-state index contributed by atoms with van der Waals surface area (Å²) in [6, 6.07) is 9.77. The number of fused-ring (bicyclic) bond motifs is 1. The summed E-state index contributed by atoms with van der Waals surface area (Å²) in [7, 11) is 3.57. The van der Waals surface area contributed by atoms with Crippen LogP contribution < -0.4 is 4.74 Å². The lowest BCUT2D eigenvalue weighted by atomic mass is 10.3. The third-order valence-corrected chi connectivity index (χ3v) is 4.06. The molecule has 0 spiro atoms. The lowest BCUT2D eigenvalue weighted by Crippen LogP contribution is -1.99. The molecule has 0 saturated heterocycles. The second-order valence-electron chi connectivity index (χ2n) is 5.77. The summed E-state index contributed by atoms with van der Waals surface area (Å²) < 4.78 is 8.88. The van der Waals surface area contributed by atoms with Crippen LogP contribution in [0, 0.1) is 13.8 Å². The maximum atomic E-state index is 5.21. The maximum absolute atomic E-state index is 5.21. The number of methoxy groups -OCH3 is 1. The number of aromatic nitrogens is 6. The lowest BCUT2D eigenvalue weighted by Gasteiger charge is -2.03. The molecule has 4 aromatic rings. The highest BCUT2D eigenvalue weighted by molar-refractivity contribution is 5.79. The zero-order valence-electron chi connectivity index (χ0n) is 14.0. The Bertz CT molecular complexity index is 1020. The topological polar surface area (TPSA) is 73.6 Å². The molecule has 3 heterocycles. The highest BCUT2D eigenvalue weighted by Crippen LogP contribution is 2.25. The van der Waals surface area contributed by atoms with Crippen LogP contribution in [-0.4, -0.2) is 36.6 Å². The number of aromatic amines is 1. The quantitative estimate of drug-likeness (QED) is 0.629. The number of nitrogens with one attached hydrogen (secondary N) is 1. The molecule has 3 aromatic heterocycles. The summed E-state index contributed by atoms with van der Waals surface area (Å²) in [5.41, 5.74) is 5.48. The van der Waals surface area contributed by atoms with Crippen molar-refractivity contribution in [3.8, 4) is 23.0 Å². The van der Waals surface area contributed by atoms with Crippen molar-refractivity contribution in [3.63, 3.8) is 0 Å². The van der Waals surface area contributed by atoms with E-state index in [4.69, 9.17) is 9.72 Å². The molecule has 0 fully saturated rings. The van der Waals surface area contributed by atoms with Gasteiger partial charge in [0.15, 0.2) is 11.5 Å². The van der Waals surface area contributed by atoms with Crippen LogP contribution in [0.1, 0.15) is 11.4 Å². The minimum Gasteiger partial charge on any atom is -0.497 e. The second kappa shape index (κ2) is 5.23. The zero-order valence-corrected chi connectivity index (χ0v) is 14.0. The predicted octanol–water partition coefficient (Wildman–Crippen LogP) is 2.77. The lowest BCUT2D eigenvalue weighted by molar-refractivity contribution is 0.414. The van der Waals surface area contributed by atoms with Crippen molar-refractivity contribution in [1.29, 1.82) is 0 Å². The normalized spacial score (nSPS) is 11.3. The number of H-pyrrole nitrogens is 1. The molecular formula is C17H18N6O. The van der Waals surface area contributed by atoms with Gasteiger partial charge >= 0.3 is 0 Å². The van der Waals surface area contributed by atoms with Crippen molar-refractivity contribution < 1.29 is 4.74 Å². The van der Waals surface area contributed by atoms with Gasteiger partial charge in [0, 0.05) is 7.05 Å². The molecule has 0 radical (unpaired) electrons. The molecular weight excluding hydrogens is 304 g/mol. The maximum Gasteiger partial charge on any atom is 0.181 e. The van der Waals surface area contributed by atoms with E-state index in [1.165, 1.54) is 0 Å². The first kappa shape index (κ1) is 14.5. The molecule has 0 unspecified atom stereocenters. The van der Waals surface area contributed by atoms with E-state index in [-0.39, 0.29) is 0 Å². The largest absolute Gasteiger partial charge is 0.497 e. The number of hydrogen-bond donors (Lipinski definition) is 1. The van der Waals surface area contributed by atoms with Crippen molar-refractivity contribution in [3.05, 3.63) is 41.7 Å². The number of aryl methyl sites for hydroxylation is 3. The summed E-state index contributed by atoms with van der Waals surface area (Å²) in [6.45, 7) is 3.94. The van der Waals surface area contributed by atoms with Crippen LogP contribution in [0.25, 0.3) is 28.4 Å². The summed E-state index contributed by atoms with van der Waals surface area (Å²) in [5.74, 6) is 1.60. The number of imidazole rings is 1. The molecule has 4 rings (SSSR count). The molecule has 122 valence electrons. The van der Waals surface area contributed by atoms with E-state index in [0.717, 1.165) is 45.5 Å². The monoisotopic (exact) mass is 322 g/mol. The van der Waals surface area contributed by atoms with E-state index in [0.29, 0.717) is 0 Å². The predicted molar refractivity (Wildman–Crippen MR) is 91.4 cm³/mol. The average Bonchev–Trinajstić information content (AvgIpc) is 3.22. The van der Waals surface area contributed by atoms with Crippen LogP contribution in [0.5, 0.6) is 5.75 Å². The molecule has 0 aliphatic rings. The highest BCUT2D eigenvalue weighted by atomic mass is 16.5. The van der Waals surface area contributed by atoms with Crippen LogP contribution in [0.2, 0.25) is 0 Å². The highest BCUT2D eigenvalue weighted by Gasteiger charge is 2.17. The van der Waals surface area contributed by atoms with E-state index in [2.05, 4.69) is 15.2 Å². The smallest absolute Gasteiger partial charge is 0.181 e. The first-order valence-electron chi connectivity index (χ1n) is 7.67. The van der Waals surface area contributed by atoms with Crippen LogP contribution in [-0.2, 0) is 7.05 Å². The van der Waals surface area contributed by atoms with Gasteiger partial charge < -0.3 is 9.72 Å². The Hall–Kier alpha value is -3.09. The van der Waals surface area contributed by atoms with Crippen LogP contribution in [0.3, 0.4) is 0 Å². The molecule has 1 N–H and O–H groups in total. The first-order valence-corrected chi connectivity index (χ1v) is 7.67. The van der Waals surface area contributed by atoms with E-state index in [1.807, 2.05) is 60.6 Å². The average molecular weight is 322 g/mol. The number of ether oxygens (including phenoxy) is 1. The van der Waals surface area contributed by atoms with Gasteiger partial charge in [-0.05, 0) is 44.2 Å². The van der Waals surface area contributed by atoms with Crippen LogP contribution in [0.4, 0.5) is 0 Å². The fraction of sp³-hybridized carbons (Fsp3) is 0.235. The van der Waals surface area contributed by atoms with Crippen molar-refractivity contribution in [2.24, 2.45) is 7.05 Å². The molecule has 0 amide bonds. The van der Waals surface area contributed by atoms with Crippen molar-refractivity contribution in [1.82, 2.24) is 29.5 Å². The second-order valence-corrected chi connectivity index (χ2v) is 5.77. The van der Waals surface area contributed by atoms with Crippen LogP contribution >= 0.6 is 0 Å². The minimum atomic E-state index is 0.788. The van der Waals surface area contributed by atoms with E-state index in [9.17, 15) is 0 Å². The standard InChI is InChI=1S/C17H18N6O/c1-10-9-14(22(3)20-10)16-18-15-11(2)21-23(17(15)19-16)12-5-7-13(24-4)8-6-12/h5-9H,1-4H3,(H,18,19). The Labute approximate surface area is 138 Å². The number of benzene rings is 1. The molecule has 0 saturated carbocycles. The Morgan fingerprint density at radius 2 is 1.83 bits per heavy atom. The van der Waals surface area contributed by atoms with Gasteiger partial charge in [-0.2, -0.15) is 10.2 Å². The zero-order chi connectivity index (χ0) is 16.8. The van der Waals surface area contributed by atoms with E-state index < -0.39 is 0 Å². The minimum absolute atomic E-state index is 0.788. The fourth-order valence-corrected chi connectivity index (χ4v) is 2.87. The van der Waals surface area contributed by atoms with Gasteiger partial charge in [0.2, 0.25) is 0 Å². The molecule has 7 nitrogen and oxygen atoms in total. The first-order chi connectivity index (χ1) is 11.6. The molecule has 0 atom stereocenters. The Morgan fingerprint density at radius 1 is 1.08 bits per heavy atom. The third-order valence-electron chi connectivity index (χ3n) is 4.06. The van der Waals surface area contributed by atoms with Gasteiger partial charge in [0.1, 0.15) is 17.0 Å². The van der Waals surface area contributed by atoms with Crippen molar-refractivity contribution >= 4 is 11.2 Å². The van der Waals surface area contributed by atoms with Gasteiger partial charge in [-0.15, -0.1) is 0 Å². The number of hydrogen-bond acceptors (Lipinski definition) is 4. The fourth-order valence-electron chi connectivity index (χ4n) is 2.87. The molecule has 0 bridgehead atoms. The molecule has 24 heavy (non-hydrogen) atoms. The third kappa shape index (κ3) is 2.17. The summed E-state index contributed by atoms with van der Waals surface area (Å²) in [4.78, 5) is 8.12. The van der Waals surface area contributed by atoms with Crippen LogP contribution in [0.15, 0.2) is 30.3 Å². The molecule has 0 aliphatic carbocycles. The number of nitrogens with zero attached hydrogens (tertiary/aromatic N) is 5. The summed E-state index contributed by atoms with van der Waals surface area (Å²) in [5, 5.41) is 8.98. The SMILES string of the molecule is COc1ccc(-n2nc(C)c3[nH]c(-c4cc(C)nn4C)nc32)cc1. The molecule has 7 heteroatoms. The summed E-state index contributed by atoms with van der Waals surface area (Å²) >= 11 is 0. The van der Waals surface area contributed by atoms with E-state index in [1.54, 1.807) is 7.11 Å². The van der Waals surface area contributed by atoms with Crippen molar-refractivity contribution in [2.75, 3.05) is 7.11 Å². The molecule has 0 aliphatic heterocycles. The van der Waals surface area contributed by atoms with Gasteiger partial charge in [-0.3, -0.25) is 4.68 Å². The van der Waals surface area contributed by atoms with Gasteiger partial charge in [-0.1, -0.05) is 0 Å². The Balaban J connectivity index is 1.86. The van der Waals surface area contributed by atoms with Gasteiger partial charge in [0.05, 0.1) is 24.2 Å².